The lowest BCUT2D eigenvalue weighted by Gasteiger charge is -2.35. The lowest BCUT2D eigenvalue weighted by Crippen LogP contribution is -2.47. The lowest BCUT2D eigenvalue weighted by atomic mass is 10.2. The highest BCUT2D eigenvalue weighted by atomic mass is 35.5. The Labute approximate surface area is 226 Å². The molecule has 5 rings (SSSR count). The molecule has 38 heavy (non-hydrogen) atoms. The fourth-order valence-electron chi connectivity index (χ4n) is 4.71. The van der Waals surface area contributed by atoms with Crippen molar-refractivity contribution in [2.75, 3.05) is 54.9 Å². The SMILES string of the molecule is C=CC(=O)Nc1ccc2c(c1)c(C)cn2-c1nc(Nc2cccc(N3CCN(CCO)CC3)c2)ncc1Cl. The number of piperazine rings is 1. The molecule has 3 heterocycles. The lowest BCUT2D eigenvalue weighted by molar-refractivity contribution is -0.111. The minimum Gasteiger partial charge on any atom is -0.395 e. The van der Waals surface area contributed by atoms with Gasteiger partial charge in [-0.1, -0.05) is 24.2 Å². The Morgan fingerprint density at radius 3 is 2.74 bits per heavy atom. The maximum absolute atomic E-state index is 11.7. The molecule has 3 N–H and O–H groups in total. The molecule has 1 amide bonds. The van der Waals surface area contributed by atoms with Gasteiger partial charge in [-0.05, 0) is 55.0 Å². The number of carbonyl (C=O) groups is 1. The number of rotatable bonds is 8. The van der Waals surface area contributed by atoms with Crippen molar-refractivity contribution in [3.8, 4) is 5.82 Å². The van der Waals surface area contributed by atoms with Crippen molar-refractivity contribution in [1.82, 2.24) is 19.4 Å². The largest absolute Gasteiger partial charge is 0.395 e. The number of hydrogen-bond acceptors (Lipinski definition) is 7. The Balaban J connectivity index is 1.38. The Kier molecular flexibility index (Phi) is 7.59. The fourth-order valence-corrected chi connectivity index (χ4v) is 4.89. The maximum atomic E-state index is 11.7. The predicted molar refractivity (Wildman–Crippen MR) is 153 cm³/mol. The van der Waals surface area contributed by atoms with Crippen LogP contribution in [0.4, 0.5) is 23.0 Å². The average Bonchev–Trinajstić information content (AvgIpc) is 3.26. The number of nitrogens with zero attached hydrogens (tertiary/aromatic N) is 5. The Hall–Kier alpha value is -3.92. The molecule has 1 fully saturated rings. The van der Waals surface area contributed by atoms with Crippen molar-refractivity contribution in [2.24, 2.45) is 0 Å². The number of benzene rings is 2. The summed E-state index contributed by atoms with van der Waals surface area (Å²) < 4.78 is 1.93. The number of aliphatic hydroxyl groups excluding tert-OH is 1. The van der Waals surface area contributed by atoms with E-state index in [1.807, 2.05) is 48.0 Å². The van der Waals surface area contributed by atoms with E-state index in [-0.39, 0.29) is 12.5 Å². The van der Waals surface area contributed by atoms with Crippen LogP contribution in [0, 0.1) is 6.92 Å². The summed E-state index contributed by atoms with van der Waals surface area (Å²) in [6.07, 6.45) is 4.81. The minimum absolute atomic E-state index is 0.190. The van der Waals surface area contributed by atoms with E-state index in [0.29, 0.717) is 22.5 Å². The van der Waals surface area contributed by atoms with Gasteiger partial charge in [-0.2, -0.15) is 4.98 Å². The van der Waals surface area contributed by atoms with E-state index in [1.165, 1.54) is 6.08 Å². The third-order valence-corrected chi connectivity index (χ3v) is 6.93. The number of carbonyl (C=O) groups excluding carboxylic acids is 1. The first-order valence-corrected chi connectivity index (χ1v) is 12.9. The zero-order valence-electron chi connectivity index (χ0n) is 21.2. The van der Waals surface area contributed by atoms with E-state index >= 15 is 0 Å². The van der Waals surface area contributed by atoms with Crippen molar-refractivity contribution in [3.05, 3.63) is 78.1 Å². The highest BCUT2D eigenvalue weighted by molar-refractivity contribution is 6.32. The smallest absolute Gasteiger partial charge is 0.247 e. The fraction of sp³-hybridized carbons (Fsp3) is 0.250. The summed E-state index contributed by atoms with van der Waals surface area (Å²) in [6.45, 7) is 10.1. The second kappa shape index (κ2) is 11.2. The van der Waals surface area contributed by atoms with Crippen LogP contribution in [0.15, 0.2) is 67.5 Å². The number of fused-ring (bicyclic) bond motifs is 1. The van der Waals surface area contributed by atoms with Gasteiger partial charge in [-0.15, -0.1) is 0 Å². The number of aromatic nitrogens is 3. The van der Waals surface area contributed by atoms with Crippen LogP contribution in [0.1, 0.15) is 5.56 Å². The molecule has 0 radical (unpaired) electrons. The number of amides is 1. The van der Waals surface area contributed by atoms with Gasteiger partial charge in [0.25, 0.3) is 0 Å². The molecule has 1 aliphatic rings. The number of aliphatic hydroxyl groups is 1. The van der Waals surface area contributed by atoms with Crippen LogP contribution in [-0.4, -0.2) is 69.8 Å². The highest BCUT2D eigenvalue weighted by Gasteiger charge is 2.18. The first-order valence-electron chi connectivity index (χ1n) is 12.5. The molecule has 9 nitrogen and oxygen atoms in total. The number of aryl methyl sites for hydroxylation is 1. The molecule has 0 bridgehead atoms. The summed E-state index contributed by atoms with van der Waals surface area (Å²) in [4.78, 5) is 25.5. The molecule has 0 aliphatic carbocycles. The van der Waals surface area contributed by atoms with E-state index in [0.717, 1.165) is 60.6 Å². The van der Waals surface area contributed by atoms with Gasteiger partial charge in [0.15, 0.2) is 5.82 Å². The first kappa shape index (κ1) is 25.7. The molecule has 4 aromatic rings. The van der Waals surface area contributed by atoms with Crippen molar-refractivity contribution < 1.29 is 9.90 Å². The molecule has 0 saturated carbocycles. The zero-order valence-corrected chi connectivity index (χ0v) is 21.9. The van der Waals surface area contributed by atoms with Gasteiger partial charge in [0.2, 0.25) is 11.9 Å². The third-order valence-electron chi connectivity index (χ3n) is 6.67. The molecule has 0 atom stereocenters. The van der Waals surface area contributed by atoms with E-state index in [2.05, 4.69) is 44.1 Å². The van der Waals surface area contributed by atoms with Crippen LogP contribution in [-0.2, 0) is 4.79 Å². The predicted octanol–water partition coefficient (Wildman–Crippen LogP) is 4.36. The second-order valence-corrected chi connectivity index (χ2v) is 9.61. The van der Waals surface area contributed by atoms with Crippen LogP contribution in [0.5, 0.6) is 0 Å². The normalized spacial score (nSPS) is 14.0. The molecule has 0 unspecified atom stereocenters. The van der Waals surface area contributed by atoms with Gasteiger partial charge in [0.05, 0.1) is 18.3 Å². The van der Waals surface area contributed by atoms with Crippen LogP contribution in [0.2, 0.25) is 5.02 Å². The van der Waals surface area contributed by atoms with Gasteiger partial charge in [-0.3, -0.25) is 14.3 Å². The molecule has 1 saturated heterocycles. The summed E-state index contributed by atoms with van der Waals surface area (Å²) in [6, 6.07) is 13.9. The summed E-state index contributed by atoms with van der Waals surface area (Å²) >= 11 is 6.56. The summed E-state index contributed by atoms with van der Waals surface area (Å²) in [7, 11) is 0. The molecular formula is C28H30ClN7O2. The van der Waals surface area contributed by atoms with E-state index in [4.69, 9.17) is 16.6 Å². The molecular weight excluding hydrogens is 502 g/mol. The van der Waals surface area contributed by atoms with Crippen molar-refractivity contribution in [1.29, 1.82) is 0 Å². The number of nitrogens with one attached hydrogen (secondary N) is 2. The minimum atomic E-state index is -0.260. The van der Waals surface area contributed by atoms with Crippen LogP contribution >= 0.6 is 11.6 Å². The number of anilines is 4. The molecule has 196 valence electrons. The quantitative estimate of drug-likeness (QED) is 0.290. The van der Waals surface area contributed by atoms with Gasteiger partial charge < -0.3 is 20.6 Å². The second-order valence-electron chi connectivity index (χ2n) is 9.20. The van der Waals surface area contributed by atoms with E-state index in [9.17, 15) is 9.90 Å². The van der Waals surface area contributed by atoms with Crippen LogP contribution < -0.4 is 15.5 Å². The van der Waals surface area contributed by atoms with Gasteiger partial charge >= 0.3 is 0 Å². The monoisotopic (exact) mass is 531 g/mol. The van der Waals surface area contributed by atoms with E-state index < -0.39 is 0 Å². The maximum Gasteiger partial charge on any atom is 0.247 e. The Morgan fingerprint density at radius 2 is 1.97 bits per heavy atom. The number of halogens is 1. The Morgan fingerprint density at radius 1 is 1.16 bits per heavy atom. The third kappa shape index (κ3) is 5.50. The number of hydrogen-bond donors (Lipinski definition) is 3. The van der Waals surface area contributed by atoms with Crippen molar-refractivity contribution in [2.45, 2.75) is 6.92 Å². The van der Waals surface area contributed by atoms with Crippen molar-refractivity contribution in [3.63, 3.8) is 0 Å². The molecule has 1 aliphatic heterocycles. The average molecular weight is 532 g/mol. The number of β-amino-alcohol motifs (C(OH)–C–C–N with tert-alkyl or cyclic N) is 1. The summed E-state index contributed by atoms with van der Waals surface area (Å²) in [5, 5.41) is 16.7. The molecule has 0 spiro atoms. The molecule has 2 aromatic carbocycles. The van der Waals surface area contributed by atoms with Gasteiger partial charge in [-0.25, -0.2) is 4.98 Å². The topological polar surface area (TPSA) is 98.6 Å². The van der Waals surface area contributed by atoms with Gasteiger partial charge in [0.1, 0.15) is 5.02 Å². The van der Waals surface area contributed by atoms with Crippen LogP contribution in [0.3, 0.4) is 0 Å². The summed E-state index contributed by atoms with van der Waals surface area (Å²) in [5.41, 5.74) is 4.62. The standard InChI is InChI=1S/C28H30ClN7O2/c1-3-26(38)31-21-7-8-25-23(16-21)19(2)18-36(25)27-24(29)17-30-28(33-27)32-20-5-4-6-22(15-20)35-11-9-34(10-12-35)13-14-37/h3-8,15-18,37H,1,9-14H2,2H3,(H,31,38)(H,30,32,33). The molecule has 2 aromatic heterocycles. The van der Waals surface area contributed by atoms with Crippen molar-refractivity contribution >= 4 is 51.4 Å². The Bertz CT molecular complexity index is 1480. The summed E-state index contributed by atoms with van der Waals surface area (Å²) in [5.74, 6) is 0.731. The van der Waals surface area contributed by atoms with Crippen LogP contribution in [0.25, 0.3) is 16.7 Å². The van der Waals surface area contributed by atoms with Gasteiger partial charge in [0, 0.05) is 61.4 Å². The highest BCUT2D eigenvalue weighted by Crippen LogP contribution is 2.30. The molecule has 10 heteroatoms. The first-order chi connectivity index (χ1) is 18.4. The zero-order chi connectivity index (χ0) is 26.6. The van der Waals surface area contributed by atoms with E-state index in [1.54, 1.807) is 6.20 Å².